The maximum atomic E-state index is 2.47. The van der Waals surface area contributed by atoms with Gasteiger partial charge in [0.2, 0.25) is 0 Å². The van der Waals surface area contributed by atoms with Crippen LogP contribution in [-0.2, 0) is 5.41 Å². The molecule has 0 aliphatic rings. The van der Waals surface area contributed by atoms with Crippen LogP contribution >= 0.6 is 0 Å². The van der Waals surface area contributed by atoms with E-state index in [1.54, 1.807) is 0 Å². The third-order valence-corrected chi connectivity index (χ3v) is 6.05. The smallest absolute Gasteiger partial charge is 0.0626 e. The van der Waals surface area contributed by atoms with Gasteiger partial charge in [-0.05, 0) is 46.0 Å². The Kier molecular flexibility index (Phi) is 2.68. The van der Waals surface area contributed by atoms with Crippen LogP contribution in [0.25, 0.3) is 48.9 Å². The van der Waals surface area contributed by atoms with Crippen molar-refractivity contribution < 1.29 is 0 Å². The van der Waals surface area contributed by atoms with Gasteiger partial charge in [-0.1, -0.05) is 69.3 Å². The standard InChI is InChI=1S/C26H21N/c1-26(2,3)17-12-13-23-20(15-17)21-14-16-8-4-5-9-18(16)24-19-10-6-7-11-22(19)27(23)25(21)24/h4-15H,1-3H3. The van der Waals surface area contributed by atoms with E-state index in [1.165, 1.54) is 54.4 Å². The third kappa shape index (κ3) is 1.84. The monoisotopic (exact) mass is 347 g/mol. The van der Waals surface area contributed by atoms with Crippen LogP contribution in [0.5, 0.6) is 0 Å². The highest BCUT2D eigenvalue weighted by Gasteiger charge is 2.21. The fourth-order valence-corrected chi connectivity index (χ4v) is 4.71. The Morgan fingerprint density at radius 3 is 2.15 bits per heavy atom. The van der Waals surface area contributed by atoms with Crippen molar-refractivity contribution in [2.75, 3.05) is 0 Å². The minimum atomic E-state index is 0.143. The summed E-state index contributed by atoms with van der Waals surface area (Å²) in [5.41, 5.74) is 5.49. The Bertz CT molecular complexity index is 1490. The molecule has 0 aliphatic heterocycles. The summed E-state index contributed by atoms with van der Waals surface area (Å²) < 4.78 is 2.47. The van der Waals surface area contributed by atoms with E-state index in [0.717, 1.165) is 0 Å². The molecule has 6 aromatic rings. The first-order valence-electron chi connectivity index (χ1n) is 9.64. The van der Waals surface area contributed by atoms with Gasteiger partial charge in [-0.3, -0.25) is 0 Å². The molecule has 0 aliphatic carbocycles. The second-order valence-electron chi connectivity index (χ2n) is 8.70. The lowest BCUT2D eigenvalue weighted by Gasteiger charge is -2.19. The average Bonchev–Trinajstić information content (AvgIpc) is 3.17. The minimum Gasteiger partial charge on any atom is -0.308 e. The summed E-state index contributed by atoms with van der Waals surface area (Å²) in [4.78, 5) is 0. The van der Waals surface area contributed by atoms with Crippen LogP contribution in [0.1, 0.15) is 26.3 Å². The van der Waals surface area contributed by atoms with Crippen molar-refractivity contribution >= 4 is 48.9 Å². The molecule has 4 aromatic carbocycles. The van der Waals surface area contributed by atoms with Crippen LogP contribution in [-0.4, -0.2) is 4.40 Å². The van der Waals surface area contributed by atoms with Crippen LogP contribution in [0, 0.1) is 0 Å². The first-order chi connectivity index (χ1) is 13.0. The predicted octanol–water partition coefficient (Wildman–Crippen LogP) is 7.29. The van der Waals surface area contributed by atoms with E-state index in [2.05, 4.69) is 98.0 Å². The molecule has 0 fully saturated rings. The van der Waals surface area contributed by atoms with Crippen molar-refractivity contribution in [3.63, 3.8) is 0 Å². The molecule has 2 heterocycles. The van der Waals surface area contributed by atoms with Gasteiger partial charge in [-0.25, -0.2) is 0 Å². The van der Waals surface area contributed by atoms with Crippen molar-refractivity contribution in [1.82, 2.24) is 4.40 Å². The molecule has 2 aromatic heterocycles. The number of aromatic nitrogens is 1. The Balaban J connectivity index is 1.97. The Morgan fingerprint density at radius 2 is 1.33 bits per heavy atom. The van der Waals surface area contributed by atoms with E-state index < -0.39 is 0 Å². The zero-order valence-electron chi connectivity index (χ0n) is 15.9. The molecular formula is C26H21N. The zero-order valence-corrected chi connectivity index (χ0v) is 15.9. The van der Waals surface area contributed by atoms with E-state index in [4.69, 9.17) is 0 Å². The van der Waals surface area contributed by atoms with Crippen LogP contribution in [0.4, 0.5) is 0 Å². The fourth-order valence-electron chi connectivity index (χ4n) is 4.71. The number of para-hydroxylation sites is 1. The number of fused-ring (bicyclic) bond motifs is 8. The highest BCUT2D eigenvalue weighted by atomic mass is 14.9. The third-order valence-electron chi connectivity index (χ3n) is 6.05. The Morgan fingerprint density at radius 1 is 0.630 bits per heavy atom. The van der Waals surface area contributed by atoms with E-state index in [0.29, 0.717) is 0 Å². The largest absolute Gasteiger partial charge is 0.308 e. The number of rotatable bonds is 0. The first-order valence-corrected chi connectivity index (χ1v) is 9.64. The van der Waals surface area contributed by atoms with E-state index in [9.17, 15) is 0 Å². The molecule has 0 atom stereocenters. The van der Waals surface area contributed by atoms with E-state index >= 15 is 0 Å². The van der Waals surface area contributed by atoms with Crippen LogP contribution in [0.3, 0.4) is 0 Å². The van der Waals surface area contributed by atoms with Gasteiger partial charge in [0.1, 0.15) is 0 Å². The van der Waals surface area contributed by atoms with Gasteiger partial charge in [0.15, 0.2) is 0 Å². The van der Waals surface area contributed by atoms with Gasteiger partial charge in [0.25, 0.3) is 0 Å². The van der Waals surface area contributed by atoms with Gasteiger partial charge in [0.05, 0.1) is 16.6 Å². The van der Waals surface area contributed by atoms with Crippen molar-refractivity contribution in [1.29, 1.82) is 0 Å². The molecule has 0 spiro atoms. The first kappa shape index (κ1) is 15.0. The molecule has 0 radical (unpaired) electrons. The van der Waals surface area contributed by atoms with Crippen molar-refractivity contribution in [2.45, 2.75) is 26.2 Å². The van der Waals surface area contributed by atoms with Crippen molar-refractivity contribution in [3.8, 4) is 0 Å². The maximum Gasteiger partial charge on any atom is 0.0626 e. The van der Waals surface area contributed by atoms with E-state index in [1.807, 2.05) is 0 Å². The Labute approximate surface area is 158 Å². The summed E-state index contributed by atoms with van der Waals surface area (Å²) in [5.74, 6) is 0. The normalized spacial score (nSPS) is 13.0. The topological polar surface area (TPSA) is 4.41 Å². The lowest BCUT2D eigenvalue weighted by Crippen LogP contribution is -2.10. The number of benzene rings is 4. The molecule has 0 saturated heterocycles. The van der Waals surface area contributed by atoms with Crippen LogP contribution in [0.15, 0.2) is 72.8 Å². The lowest BCUT2D eigenvalue weighted by atomic mass is 9.86. The molecule has 1 nitrogen and oxygen atoms in total. The molecule has 27 heavy (non-hydrogen) atoms. The zero-order chi connectivity index (χ0) is 18.3. The Hall–Kier alpha value is -3.06. The summed E-state index contributed by atoms with van der Waals surface area (Å²) in [7, 11) is 0. The molecule has 0 N–H and O–H groups in total. The van der Waals surface area contributed by atoms with Crippen LogP contribution < -0.4 is 0 Å². The summed E-state index contributed by atoms with van der Waals surface area (Å²) in [6, 6.07) is 27.0. The molecule has 130 valence electrons. The highest BCUT2D eigenvalue weighted by Crippen LogP contribution is 2.43. The summed E-state index contributed by atoms with van der Waals surface area (Å²) in [6.45, 7) is 6.86. The molecule has 0 bridgehead atoms. The van der Waals surface area contributed by atoms with E-state index in [-0.39, 0.29) is 5.41 Å². The van der Waals surface area contributed by atoms with Gasteiger partial charge >= 0.3 is 0 Å². The molecule has 0 saturated carbocycles. The highest BCUT2D eigenvalue weighted by molar-refractivity contribution is 6.31. The number of nitrogens with zero attached hydrogens (tertiary/aromatic N) is 1. The maximum absolute atomic E-state index is 2.47. The van der Waals surface area contributed by atoms with Gasteiger partial charge < -0.3 is 4.40 Å². The average molecular weight is 347 g/mol. The van der Waals surface area contributed by atoms with Gasteiger partial charge in [-0.2, -0.15) is 0 Å². The number of hydrogen-bond donors (Lipinski definition) is 0. The lowest BCUT2D eigenvalue weighted by molar-refractivity contribution is 0.591. The molecule has 1 heteroatoms. The van der Waals surface area contributed by atoms with Crippen molar-refractivity contribution in [2.24, 2.45) is 0 Å². The quantitative estimate of drug-likeness (QED) is 0.272. The SMILES string of the molecule is CC(C)(C)c1ccc2c(c1)c1cc3ccccc3c3c4ccccc4n2c13. The summed E-state index contributed by atoms with van der Waals surface area (Å²) in [5, 5.41) is 8.11. The molecule has 6 rings (SSSR count). The predicted molar refractivity (Wildman–Crippen MR) is 117 cm³/mol. The minimum absolute atomic E-state index is 0.143. The van der Waals surface area contributed by atoms with Crippen LogP contribution in [0.2, 0.25) is 0 Å². The summed E-state index contributed by atoms with van der Waals surface area (Å²) in [6.07, 6.45) is 0. The molecule has 0 amide bonds. The second kappa shape index (κ2) is 4.80. The number of hydrogen-bond acceptors (Lipinski definition) is 0. The summed E-state index contributed by atoms with van der Waals surface area (Å²) >= 11 is 0. The molecule has 0 unspecified atom stereocenters. The fraction of sp³-hybridized carbons (Fsp3) is 0.154. The second-order valence-corrected chi connectivity index (χ2v) is 8.70. The van der Waals surface area contributed by atoms with Gasteiger partial charge in [-0.15, -0.1) is 0 Å². The van der Waals surface area contributed by atoms with Crippen molar-refractivity contribution in [3.05, 3.63) is 78.4 Å². The molecular weight excluding hydrogens is 326 g/mol. The van der Waals surface area contributed by atoms with Gasteiger partial charge in [0, 0.05) is 21.5 Å².